The van der Waals surface area contributed by atoms with Gasteiger partial charge < -0.3 is 15.2 Å². The number of ether oxygens (including phenoxy) is 2. The Morgan fingerprint density at radius 2 is 2.22 bits per heavy atom. The van der Waals surface area contributed by atoms with E-state index in [1.165, 1.54) is 19.1 Å². The number of fused-ring (bicyclic) bond motifs is 1. The summed E-state index contributed by atoms with van der Waals surface area (Å²) in [5.74, 6) is 0.871. The van der Waals surface area contributed by atoms with Gasteiger partial charge in [-0.3, -0.25) is 14.5 Å². The third kappa shape index (κ3) is 3.40. The Kier molecular flexibility index (Phi) is 4.68. The van der Waals surface area contributed by atoms with E-state index in [1.54, 1.807) is 24.5 Å². The first-order valence-electron chi connectivity index (χ1n) is 7.16. The second-order valence-corrected chi connectivity index (χ2v) is 5.93. The molecule has 7 heteroatoms. The molecule has 0 saturated carbocycles. The van der Waals surface area contributed by atoms with Crippen molar-refractivity contribution < 1.29 is 14.3 Å². The fourth-order valence-electron chi connectivity index (χ4n) is 2.35. The number of aromatic nitrogens is 1. The minimum Gasteiger partial charge on any atom is -0.496 e. The molecule has 2 aromatic rings. The highest BCUT2D eigenvalue weighted by Crippen LogP contribution is 2.36. The zero-order valence-corrected chi connectivity index (χ0v) is 13.4. The maximum atomic E-state index is 12.5. The van der Waals surface area contributed by atoms with Crippen molar-refractivity contribution in [3.05, 3.63) is 47.8 Å². The molecule has 0 radical (unpaired) electrons. The van der Waals surface area contributed by atoms with Crippen molar-refractivity contribution in [2.24, 2.45) is 5.73 Å². The second kappa shape index (κ2) is 6.89. The first-order valence-corrected chi connectivity index (χ1v) is 7.98. The van der Waals surface area contributed by atoms with E-state index in [-0.39, 0.29) is 11.9 Å². The standard InChI is InChI=1S/C16H17N3O3S/c1-21-14-8-11-13(17)4-7-22-15(11)9-12(14)16(20)19-23-10-2-5-18-6-3-10/h2-3,5-6,8-9,13H,4,7,17H2,1H3,(H,19,20). The van der Waals surface area contributed by atoms with Crippen LogP contribution in [0.15, 0.2) is 41.6 Å². The van der Waals surface area contributed by atoms with Gasteiger partial charge in [-0.15, -0.1) is 0 Å². The van der Waals surface area contributed by atoms with Crippen molar-refractivity contribution in [3.8, 4) is 11.5 Å². The molecule has 1 aliphatic heterocycles. The average molecular weight is 331 g/mol. The van der Waals surface area contributed by atoms with E-state index in [9.17, 15) is 4.79 Å². The zero-order valence-electron chi connectivity index (χ0n) is 12.6. The highest BCUT2D eigenvalue weighted by molar-refractivity contribution is 7.98. The number of nitrogens with zero attached hydrogens (tertiary/aromatic N) is 1. The number of nitrogens with two attached hydrogens (primary N) is 1. The second-order valence-electron chi connectivity index (χ2n) is 5.05. The molecule has 0 fully saturated rings. The van der Waals surface area contributed by atoms with E-state index in [0.717, 1.165) is 16.9 Å². The predicted molar refractivity (Wildman–Crippen MR) is 87.6 cm³/mol. The van der Waals surface area contributed by atoms with Crippen molar-refractivity contribution in [3.63, 3.8) is 0 Å². The van der Waals surface area contributed by atoms with E-state index in [2.05, 4.69) is 9.71 Å². The highest BCUT2D eigenvalue weighted by Gasteiger charge is 2.23. The lowest BCUT2D eigenvalue weighted by Crippen LogP contribution is -2.22. The third-order valence-corrected chi connectivity index (χ3v) is 4.37. The molecule has 3 rings (SSSR count). The van der Waals surface area contributed by atoms with Gasteiger partial charge in [0.25, 0.3) is 5.91 Å². The van der Waals surface area contributed by atoms with Crippen LogP contribution in [0, 0.1) is 0 Å². The van der Waals surface area contributed by atoms with Crippen molar-refractivity contribution in [2.45, 2.75) is 17.4 Å². The number of hydrogen-bond acceptors (Lipinski definition) is 6. The quantitative estimate of drug-likeness (QED) is 0.836. The molecule has 0 aliphatic carbocycles. The molecule has 1 aromatic heterocycles. The van der Waals surface area contributed by atoms with Crippen LogP contribution in [0.5, 0.6) is 11.5 Å². The Labute approximate surface area is 138 Å². The lowest BCUT2D eigenvalue weighted by molar-refractivity contribution is 0.0980. The van der Waals surface area contributed by atoms with E-state index >= 15 is 0 Å². The Morgan fingerprint density at radius 1 is 1.43 bits per heavy atom. The topological polar surface area (TPSA) is 86.5 Å². The van der Waals surface area contributed by atoms with Crippen molar-refractivity contribution in [1.82, 2.24) is 9.71 Å². The smallest absolute Gasteiger partial charge is 0.265 e. The molecule has 0 bridgehead atoms. The summed E-state index contributed by atoms with van der Waals surface area (Å²) < 4.78 is 13.7. The molecule has 1 unspecified atom stereocenters. The summed E-state index contributed by atoms with van der Waals surface area (Å²) in [4.78, 5) is 17.3. The summed E-state index contributed by atoms with van der Waals surface area (Å²) in [5, 5.41) is 0. The van der Waals surface area contributed by atoms with Gasteiger partial charge in [-0.1, -0.05) is 0 Å². The molecular formula is C16H17N3O3S. The van der Waals surface area contributed by atoms with Crippen LogP contribution in [-0.2, 0) is 0 Å². The van der Waals surface area contributed by atoms with Gasteiger partial charge in [-0.05, 0) is 36.2 Å². The van der Waals surface area contributed by atoms with Gasteiger partial charge in [0.1, 0.15) is 11.5 Å². The first kappa shape index (κ1) is 15.6. The number of carbonyl (C=O) groups excluding carboxylic acids is 1. The number of amides is 1. The summed E-state index contributed by atoms with van der Waals surface area (Å²) >= 11 is 1.22. The van der Waals surface area contributed by atoms with Gasteiger partial charge in [0, 0.05) is 35.3 Å². The lowest BCUT2D eigenvalue weighted by atomic mass is 9.98. The van der Waals surface area contributed by atoms with Crippen LogP contribution < -0.4 is 19.9 Å². The molecule has 2 heterocycles. The molecule has 6 nitrogen and oxygen atoms in total. The van der Waals surface area contributed by atoms with Crippen molar-refractivity contribution >= 4 is 17.9 Å². The molecule has 120 valence electrons. The van der Waals surface area contributed by atoms with Gasteiger partial charge in [-0.2, -0.15) is 0 Å². The molecule has 3 N–H and O–H groups in total. The SMILES string of the molecule is COc1cc2c(cc1C(=O)NSc1ccncc1)OCCC2N. The fraction of sp³-hybridized carbons (Fsp3) is 0.250. The first-order chi connectivity index (χ1) is 11.2. The van der Waals surface area contributed by atoms with Crippen molar-refractivity contribution in [1.29, 1.82) is 0 Å². The molecule has 1 atom stereocenters. The van der Waals surface area contributed by atoms with Gasteiger partial charge in [-0.25, -0.2) is 0 Å². The highest BCUT2D eigenvalue weighted by atomic mass is 32.2. The lowest BCUT2D eigenvalue weighted by Gasteiger charge is -2.24. The normalized spacial score (nSPS) is 16.2. The Hall–Kier alpha value is -2.25. The van der Waals surface area contributed by atoms with E-state index in [4.69, 9.17) is 15.2 Å². The summed E-state index contributed by atoms with van der Waals surface area (Å²) in [7, 11) is 1.53. The molecule has 1 aliphatic rings. The summed E-state index contributed by atoms with van der Waals surface area (Å²) in [5.41, 5.74) is 7.37. The maximum absolute atomic E-state index is 12.5. The zero-order chi connectivity index (χ0) is 16.2. The minimum absolute atomic E-state index is 0.101. The van der Waals surface area contributed by atoms with E-state index in [1.807, 2.05) is 12.1 Å². The van der Waals surface area contributed by atoms with Crippen LogP contribution in [0.2, 0.25) is 0 Å². The monoisotopic (exact) mass is 331 g/mol. The Bertz CT molecular complexity index is 709. The van der Waals surface area contributed by atoms with Crippen LogP contribution in [0.25, 0.3) is 0 Å². The number of methoxy groups -OCH3 is 1. The summed E-state index contributed by atoms with van der Waals surface area (Å²) in [6.07, 6.45) is 4.09. The number of pyridine rings is 1. The van der Waals surface area contributed by atoms with Gasteiger partial charge >= 0.3 is 0 Å². The van der Waals surface area contributed by atoms with Crippen molar-refractivity contribution in [2.75, 3.05) is 13.7 Å². The summed E-state index contributed by atoms with van der Waals surface area (Å²) in [6, 6.07) is 7.01. The Morgan fingerprint density at radius 3 is 2.96 bits per heavy atom. The van der Waals surface area contributed by atoms with Gasteiger partial charge in [0.15, 0.2) is 0 Å². The minimum atomic E-state index is -0.255. The number of nitrogens with one attached hydrogen (secondary N) is 1. The molecule has 0 saturated heterocycles. The number of rotatable bonds is 4. The van der Waals surface area contributed by atoms with Gasteiger partial charge in [0.05, 0.1) is 19.3 Å². The molecular weight excluding hydrogens is 314 g/mol. The largest absolute Gasteiger partial charge is 0.496 e. The molecule has 1 amide bonds. The molecule has 23 heavy (non-hydrogen) atoms. The van der Waals surface area contributed by atoms with Crippen LogP contribution in [0.4, 0.5) is 0 Å². The number of carbonyl (C=O) groups is 1. The third-order valence-electron chi connectivity index (χ3n) is 3.57. The van der Waals surface area contributed by atoms with Crippen LogP contribution in [0.1, 0.15) is 28.4 Å². The molecule has 1 aromatic carbocycles. The fourth-order valence-corrected chi connectivity index (χ4v) is 2.93. The van der Waals surface area contributed by atoms with Crippen LogP contribution in [-0.4, -0.2) is 24.6 Å². The average Bonchev–Trinajstić information content (AvgIpc) is 2.60. The molecule has 0 spiro atoms. The van der Waals surface area contributed by atoms with Crippen LogP contribution in [0.3, 0.4) is 0 Å². The van der Waals surface area contributed by atoms with Crippen LogP contribution >= 0.6 is 11.9 Å². The number of benzene rings is 1. The van der Waals surface area contributed by atoms with E-state index in [0.29, 0.717) is 23.7 Å². The van der Waals surface area contributed by atoms with E-state index < -0.39 is 0 Å². The maximum Gasteiger partial charge on any atom is 0.265 e. The summed E-state index contributed by atoms with van der Waals surface area (Å²) in [6.45, 7) is 0.549. The predicted octanol–water partition coefficient (Wildman–Crippen LogP) is 2.31. The van der Waals surface area contributed by atoms with Gasteiger partial charge in [0.2, 0.25) is 0 Å². The Balaban J connectivity index is 1.82. The number of hydrogen-bond donors (Lipinski definition) is 2.